The molecule has 2 unspecified atom stereocenters. The Labute approximate surface area is 153 Å². The van der Waals surface area contributed by atoms with Gasteiger partial charge in [0.2, 0.25) is 0 Å². The van der Waals surface area contributed by atoms with Crippen LogP contribution in [0.5, 0.6) is 5.75 Å². The molecule has 1 aliphatic heterocycles. The molecule has 26 heavy (non-hydrogen) atoms. The first kappa shape index (κ1) is 16.9. The van der Waals surface area contributed by atoms with Gasteiger partial charge in [-0.15, -0.1) is 0 Å². The zero-order chi connectivity index (χ0) is 18.1. The minimum Gasteiger partial charge on any atom is -0.492 e. The maximum Gasteiger partial charge on any atom is 0.200 e. The number of hydrogen-bond acceptors (Lipinski definition) is 4. The summed E-state index contributed by atoms with van der Waals surface area (Å²) in [7, 11) is 0. The Kier molecular flexibility index (Phi) is 4.51. The van der Waals surface area contributed by atoms with E-state index < -0.39 is 0 Å². The van der Waals surface area contributed by atoms with E-state index >= 15 is 0 Å². The summed E-state index contributed by atoms with van der Waals surface area (Å²) in [6.07, 6.45) is 1.54. The average Bonchev–Trinajstić information content (AvgIpc) is 3.38. The van der Waals surface area contributed by atoms with Gasteiger partial charge in [-0.05, 0) is 35.7 Å². The summed E-state index contributed by atoms with van der Waals surface area (Å²) >= 11 is 0. The van der Waals surface area contributed by atoms with Crippen LogP contribution in [0.4, 0.5) is 0 Å². The molecular formula is C22H23NO3. The zero-order valence-electron chi connectivity index (χ0n) is 15.1. The van der Waals surface area contributed by atoms with Crippen molar-refractivity contribution in [2.75, 3.05) is 19.7 Å². The van der Waals surface area contributed by atoms with Crippen molar-refractivity contribution in [1.82, 2.24) is 4.90 Å². The monoisotopic (exact) mass is 349 g/mol. The Morgan fingerprint density at radius 1 is 1.15 bits per heavy atom. The summed E-state index contributed by atoms with van der Waals surface area (Å²) in [5.74, 6) is 1.52. The third kappa shape index (κ3) is 3.51. The van der Waals surface area contributed by atoms with Crippen molar-refractivity contribution in [3.8, 4) is 16.9 Å². The van der Waals surface area contributed by atoms with Crippen LogP contribution >= 0.6 is 0 Å². The minimum absolute atomic E-state index is 0.0113. The van der Waals surface area contributed by atoms with Gasteiger partial charge in [-0.3, -0.25) is 9.69 Å². The molecule has 0 radical (unpaired) electrons. The zero-order valence-corrected chi connectivity index (χ0v) is 15.1. The van der Waals surface area contributed by atoms with Crippen LogP contribution in [0.15, 0.2) is 64.0 Å². The predicted octanol–water partition coefficient (Wildman–Crippen LogP) is 4.18. The van der Waals surface area contributed by atoms with Crippen molar-refractivity contribution in [1.29, 1.82) is 0 Å². The molecule has 1 aliphatic rings. The highest BCUT2D eigenvalue weighted by atomic mass is 16.5. The van der Waals surface area contributed by atoms with Crippen molar-refractivity contribution >= 4 is 11.0 Å². The van der Waals surface area contributed by atoms with Gasteiger partial charge in [-0.1, -0.05) is 38.1 Å². The highest BCUT2D eigenvalue weighted by molar-refractivity contribution is 5.81. The summed E-state index contributed by atoms with van der Waals surface area (Å²) < 4.78 is 11.5. The third-order valence-corrected chi connectivity index (χ3v) is 4.72. The van der Waals surface area contributed by atoms with E-state index in [9.17, 15) is 4.79 Å². The van der Waals surface area contributed by atoms with E-state index in [-0.39, 0.29) is 5.43 Å². The van der Waals surface area contributed by atoms with Crippen molar-refractivity contribution in [3.05, 3.63) is 65.0 Å². The normalized spacial score (nSPS) is 19.0. The van der Waals surface area contributed by atoms with Gasteiger partial charge < -0.3 is 9.15 Å². The Morgan fingerprint density at radius 3 is 2.69 bits per heavy atom. The lowest BCUT2D eigenvalue weighted by atomic mass is 10.1. The van der Waals surface area contributed by atoms with Gasteiger partial charge in [0, 0.05) is 13.1 Å². The number of rotatable bonds is 6. The average molecular weight is 349 g/mol. The Balaban J connectivity index is 1.45. The van der Waals surface area contributed by atoms with Gasteiger partial charge in [0.05, 0.1) is 17.0 Å². The Morgan fingerprint density at radius 2 is 1.92 bits per heavy atom. The maximum atomic E-state index is 12.7. The highest BCUT2D eigenvalue weighted by Crippen LogP contribution is 2.24. The molecular weight excluding hydrogens is 326 g/mol. The summed E-state index contributed by atoms with van der Waals surface area (Å²) in [6.45, 7) is 7.43. The minimum atomic E-state index is -0.0113. The second kappa shape index (κ2) is 6.96. The number of ether oxygens (including phenoxy) is 1. The van der Waals surface area contributed by atoms with Crippen LogP contribution < -0.4 is 10.2 Å². The molecule has 0 N–H and O–H groups in total. The van der Waals surface area contributed by atoms with Crippen LogP contribution in [0.1, 0.15) is 13.8 Å². The van der Waals surface area contributed by atoms with E-state index in [2.05, 4.69) is 18.7 Å². The number of benzene rings is 2. The van der Waals surface area contributed by atoms with Gasteiger partial charge >= 0.3 is 0 Å². The van der Waals surface area contributed by atoms with Crippen molar-refractivity contribution in [2.24, 2.45) is 5.92 Å². The van der Waals surface area contributed by atoms with Crippen LogP contribution in [-0.4, -0.2) is 30.6 Å². The second-order valence-electron chi connectivity index (χ2n) is 7.31. The first-order valence-electron chi connectivity index (χ1n) is 9.09. The number of fused-ring (bicyclic) bond motifs is 1. The summed E-state index contributed by atoms with van der Waals surface area (Å²) in [5, 5.41) is 0.601. The molecule has 1 saturated heterocycles. The molecule has 1 aromatic heterocycles. The molecule has 134 valence electrons. The number of nitrogens with zero attached hydrogens (tertiary/aromatic N) is 1. The number of para-hydroxylation sites is 1. The lowest BCUT2D eigenvalue weighted by Gasteiger charge is -2.09. The van der Waals surface area contributed by atoms with Crippen LogP contribution in [0.25, 0.3) is 22.1 Å². The Hall–Kier alpha value is -2.59. The van der Waals surface area contributed by atoms with Crippen LogP contribution in [0.2, 0.25) is 0 Å². The van der Waals surface area contributed by atoms with Gasteiger partial charge in [0.15, 0.2) is 5.43 Å². The fourth-order valence-electron chi connectivity index (χ4n) is 3.27. The smallest absolute Gasteiger partial charge is 0.200 e. The van der Waals surface area contributed by atoms with E-state index in [0.717, 1.165) is 24.4 Å². The summed E-state index contributed by atoms with van der Waals surface area (Å²) in [6, 6.07) is 15.5. The molecule has 0 aliphatic carbocycles. The van der Waals surface area contributed by atoms with E-state index in [1.807, 2.05) is 36.4 Å². The standard InChI is InChI=1S/C22H23NO3/c1-15(2)11-23-12-17(23)13-25-18-9-7-16(8-10-18)20-14-26-21-6-4-3-5-19(21)22(20)24/h3-10,14-15,17H,11-13H2,1-2H3. The maximum absolute atomic E-state index is 12.7. The van der Waals surface area contributed by atoms with Gasteiger partial charge in [-0.2, -0.15) is 0 Å². The quantitative estimate of drug-likeness (QED) is 0.626. The third-order valence-electron chi connectivity index (χ3n) is 4.72. The molecule has 4 rings (SSSR count). The Bertz CT molecular complexity index is 959. The van der Waals surface area contributed by atoms with E-state index in [0.29, 0.717) is 35.1 Å². The summed E-state index contributed by atoms with van der Waals surface area (Å²) in [5.41, 5.74) is 2.00. The van der Waals surface area contributed by atoms with Gasteiger partial charge in [-0.25, -0.2) is 0 Å². The molecule has 3 aromatic rings. The van der Waals surface area contributed by atoms with Crippen molar-refractivity contribution in [3.63, 3.8) is 0 Å². The molecule has 0 spiro atoms. The molecule has 0 amide bonds. The highest BCUT2D eigenvalue weighted by Gasteiger charge is 2.34. The first-order valence-corrected chi connectivity index (χ1v) is 9.09. The van der Waals surface area contributed by atoms with E-state index in [1.54, 1.807) is 12.1 Å². The fourth-order valence-corrected chi connectivity index (χ4v) is 3.27. The van der Waals surface area contributed by atoms with Crippen LogP contribution in [0.3, 0.4) is 0 Å². The molecule has 2 atom stereocenters. The topological polar surface area (TPSA) is 42.5 Å². The molecule has 2 heterocycles. The molecule has 4 nitrogen and oxygen atoms in total. The van der Waals surface area contributed by atoms with Gasteiger partial charge in [0.1, 0.15) is 24.2 Å². The lowest BCUT2D eigenvalue weighted by molar-refractivity contribution is 0.287. The van der Waals surface area contributed by atoms with Crippen LogP contribution in [-0.2, 0) is 0 Å². The largest absolute Gasteiger partial charge is 0.492 e. The second-order valence-corrected chi connectivity index (χ2v) is 7.31. The van der Waals surface area contributed by atoms with Crippen LogP contribution in [0, 0.1) is 5.92 Å². The number of hydrogen-bond donors (Lipinski definition) is 0. The van der Waals surface area contributed by atoms with Gasteiger partial charge in [0.25, 0.3) is 0 Å². The first-order chi connectivity index (χ1) is 12.6. The summed E-state index contributed by atoms with van der Waals surface area (Å²) in [4.78, 5) is 15.1. The molecule has 0 saturated carbocycles. The molecule has 0 bridgehead atoms. The lowest BCUT2D eigenvalue weighted by Crippen LogP contribution is -2.14. The predicted molar refractivity (Wildman–Crippen MR) is 104 cm³/mol. The van der Waals surface area contributed by atoms with E-state index in [4.69, 9.17) is 9.15 Å². The van der Waals surface area contributed by atoms with Crippen molar-refractivity contribution < 1.29 is 9.15 Å². The molecule has 1 fully saturated rings. The molecule has 2 aromatic carbocycles. The van der Waals surface area contributed by atoms with E-state index in [1.165, 1.54) is 6.26 Å². The molecule has 4 heteroatoms. The fraction of sp³-hybridized carbons (Fsp3) is 0.318. The SMILES string of the molecule is CC(C)CN1CC1COc1ccc(-c2coc3ccccc3c2=O)cc1. The van der Waals surface area contributed by atoms with Crippen molar-refractivity contribution in [2.45, 2.75) is 19.9 Å².